The number of hydrazone groups is 2. The molecule has 22 heavy (non-hydrogen) atoms. The van der Waals surface area contributed by atoms with Gasteiger partial charge in [0.25, 0.3) is 0 Å². The van der Waals surface area contributed by atoms with Gasteiger partial charge >= 0.3 is 0 Å². The number of hydrogen-bond acceptors (Lipinski definition) is 8. The van der Waals surface area contributed by atoms with Crippen LogP contribution in [-0.4, -0.2) is 32.4 Å². The topological polar surface area (TPSA) is 100 Å². The van der Waals surface area contributed by atoms with Crippen LogP contribution in [0.15, 0.2) is 22.3 Å². The highest BCUT2D eigenvalue weighted by molar-refractivity contribution is 6.16. The SMILES string of the molecule is Cc1cc(C)nc(NN=CC=NNc2nc(C)cc(C)n2)n1. The lowest BCUT2D eigenvalue weighted by atomic mass is 10.4. The summed E-state index contributed by atoms with van der Waals surface area (Å²) in [6.45, 7) is 7.61. The number of anilines is 2. The van der Waals surface area contributed by atoms with E-state index in [0.29, 0.717) is 11.9 Å². The van der Waals surface area contributed by atoms with Gasteiger partial charge in [0.2, 0.25) is 11.9 Å². The second-order valence-corrected chi connectivity index (χ2v) is 4.73. The first-order valence-electron chi connectivity index (χ1n) is 6.74. The number of aryl methyl sites for hydroxylation is 4. The molecule has 0 aliphatic heterocycles. The maximum atomic E-state index is 4.20. The standard InChI is InChI=1S/C14H18N8/c1-9-7-10(2)18-13(17-9)21-15-5-6-16-22-14-19-11(3)8-12(4)20-14/h5-8H,1-4H3,(H,17,18,21)(H,19,20,22). The third-order valence-electron chi connectivity index (χ3n) is 2.51. The van der Waals surface area contributed by atoms with Crippen molar-refractivity contribution in [1.82, 2.24) is 19.9 Å². The number of nitrogens with zero attached hydrogens (tertiary/aromatic N) is 6. The average molecular weight is 298 g/mol. The molecule has 8 heteroatoms. The van der Waals surface area contributed by atoms with Crippen molar-refractivity contribution in [2.45, 2.75) is 27.7 Å². The number of rotatable bonds is 5. The van der Waals surface area contributed by atoms with Gasteiger partial charge in [0.05, 0.1) is 12.4 Å². The molecule has 0 saturated heterocycles. The molecule has 0 atom stereocenters. The fraction of sp³-hybridized carbons (Fsp3) is 0.286. The van der Waals surface area contributed by atoms with E-state index in [4.69, 9.17) is 0 Å². The normalized spacial score (nSPS) is 11.3. The van der Waals surface area contributed by atoms with Crippen LogP contribution >= 0.6 is 0 Å². The fourth-order valence-electron chi connectivity index (χ4n) is 1.81. The summed E-state index contributed by atoms with van der Waals surface area (Å²) in [7, 11) is 0. The van der Waals surface area contributed by atoms with Gasteiger partial charge in [-0.2, -0.15) is 10.2 Å². The monoisotopic (exact) mass is 298 g/mol. The summed E-state index contributed by atoms with van der Waals surface area (Å²) < 4.78 is 0. The summed E-state index contributed by atoms with van der Waals surface area (Å²) in [5.41, 5.74) is 9.01. The largest absolute Gasteiger partial charge is 0.245 e. The summed E-state index contributed by atoms with van der Waals surface area (Å²) in [5.74, 6) is 0.903. The first-order chi connectivity index (χ1) is 10.5. The van der Waals surface area contributed by atoms with E-state index in [0.717, 1.165) is 22.8 Å². The van der Waals surface area contributed by atoms with Gasteiger partial charge in [-0.1, -0.05) is 0 Å². The van der Waals surface area contributed by atoms with Gasteiger partial charge in [-0.3, -0.25) is 0 Å². The van der Waals surface area contributed by atoms with Crippen LogP contribution < -0.4 is 10.9 Å². The van der Waals surface area contributed by atoms with E-state index in [1.165, 1.54) is 12.4 Å². The fourth-order valence-corrected chi connectivity index (χ4v) is 1.81. The predicted octanol–water partition coefficient (Wildman–Crippen LogP) is 2.00. The minimum Gasteiger partial charge on any atom is -0.245 e. The van der Waals surface area contributed by atoms with Crippen LogP contribution in [-0.2, 0) is 0 Å². The molecule has 0 saturated carbocycles. The van der Waals surface area contributed by atoms with E-state index >= 15 is 0 Å². The highest BCUT2D eigenvalue weighted by atomic mass is 15.4. The van der Waals surface area contributed by atoms with Crippen LogP contribution in [0.4, 0.5) is 11.9 Å². The molecule has 2 N–H and O–H groups in total. The van der Waals surface area contributed by atoms with E-state index in [9.17, 15) is 0 Å². The molecule has 0 aromatic carbocycles. The van der Waals surface area contributed by atoms with Crippen molar-refractivity contribution in [2.24, 2.45) is 10.2 Å². The van der Waals surface area contributed by atoms with E-state index in [-0.39, 0.29) is 0 Å². The summed E-state index contributed by atoms with van der Waals surface area (Å²) in [5, 5.41) is 7.92. The molecule has 2 heterocycles. The summed E-state index contributed by atoms with van der Waals surface area (Å²) in [6.07, 6.45) is 2.97. The van der Waals surface area contributed by atoms with Gasteiger partial charge in [-0.15, -0.1) is 0 Å². The van der Waals surface area contributed by atoms with Gasteiger partial charge in [0, 0.05) is 22.8 Å². The van der Waals surface area contributed by atoms with Crippen molar-refractivity contribution < 1.29 is 0 Å². The molecule has 0 unspecified atom stereocenters. The molecular weight excluding hydrogens is 280 g/mol. The zero-order valence-electron chi connectivity index (χ0n) is 13.0. The maximum absolute atomic E-state index is 4.20. The lowest BCUT2D eigenvalue weighted by molar-refractivity contribution is 1.03. The second-order valence-electron chi connectivity index (χ2n) is 4.73. The van der Waals surface area contributed by atoms with Crippen molar-refractivity contribution >= 4 is 24.3 Å². The highest BCUT2D eigenvalue weighted by Crippen LogP contribution is 2.03. The molecule has 2 aromatic rings. The molecule has 0 spiro atoms. The predicted molar refractivity (Wildman–Crippen MR) is 87.2 cm³/mol. The van der Waals surface area contributed by atoms with Crippen molar-refractivity contribution in [3.8, 4) is 0 Å². The van der Waals surface area contributed by atoms with Crippen LogP contribution in [0.1, 0.15) is 22.8 Å². The summed E-state index contributed by atoms with van der Waals surface area (Å²) in [4.78, 5) is 16.8. The van der Waals surface area contributed by atoms with Gasteiger partial charge < -0.3 is 0 Å². The first kappa shape index (κ1) is 15.5. The third-order valence-corrected chi connectivity index (χ3v) is 2.51. The average Bonchev–Trinajstić information content (AvgIpc) is 2.40. The second kappa shape index (κ2) is 7.21. The molecular formula is C14H18N8. The van der Waals surface area contributed by atoms with Crippen LogP contribution in [0.3, 0.4) is 0 Å². The lowest BCUT2D eigenvalue weighted by Gasteiger charge is -2.01. The Morgan fingerprint density at radius 3 is 1.32 bits per heavy atom. The minimum atomic E-state index is 0.452. The Hall–Kier alpha value is -2.90. The molecule has 0 fully saturated rings. The molecule has 8 nitrogen and oxygen atoms in total. The van der Waals surface area contributed by atoms with Gasteiger partial charge in [-0.25, -0.2) is 30.8 Å². The zero-order valence-corrected chi connectivity index (χ0v) is 13.0. The molecule has 0 radical (unpaired) electrons. The Labute approximate surface area is 128 Å². The van der Waals surface area contributed by atoms with Gasteiger partial charge in [-0.05, 0) is 39.8 Å². The van der Waals surface area contributed by atoms with Crippen LogP contribution in [0.2, 0.25) is 0 Å². The summed E-state index contributed by atoms with van der Waals surface area (Å²) >= 11 is 0. The van der Waals surface area contributed by atoms with Crippen molar-refractivity contribution in [3.05, 3.63) is 34.9 Å². The van der Waals surface area contributed by atoms with Crippen molar-refractivity contribution in [3.63, 3.8) is 0 Å². The van der Waals surface area contributed by atoms with Crippen molar-refractivity contribution in [2.75, 3.05) is 10.9 Å². The van der Waals surface area contributed by atoms with Gasteiger partial charge in [0.15, 0.2) is 0 Å². The summed E-state index contributed by atoms with van der Waals surface area (Å²) in [6, 6.07) is 3.79. The van der Waals surface area contributed by atoms with Gasteiger partial charge in [0.1, 0.15) is 0 Å². The highest BCUT2D eigenvalue weighted by Gasteiger charge is 1.97. The Morgan fingerprint density at radius 2 is 1.00 bits per heavy atom. The molecule has 2 aromatic heterocycles. The molecule has 2 rings (SSSR count). The molecule has 0 aliphatic rings. The Bertz CT molecular complexity index is 606. The maximum Gasteiger partial charge on any atom is 0.243 e. The van der Waals surface area contributed by atoms with E-state index in [1.54, 1.807) is 0 Å². The van der Waals surface area contributed by atoms with Crippen LogP contribution in [0.5, 0.6) is 0 Å². The Balaban J connectivity index is 1.86. The smallest absolute Gasteiger partial charge is 0.243 e. The van der Waals surface area contributed by atoms with Crippen LogP contribution in [0.25, 0.3) is 0 Å². The molecule has 0 aliphatic carbocycles. The first-order valence-corrected chi connectivity index (χ1v) is 6.74. The van der Waals surface area contributed by atoms with E-state index in [2.05, 4.69) is 41.0 Å². The number of nitrogens with one attached hydrogen (secondary N) is 2. The van der Waals surface area contributed by atoms with E-state index in [1.807, 2.05) is 39.8 Å². The Kier molecular flexibility index (Phi) is 5.07. The lowest BCUT2D eigenvalue weighted by Crippen LogP contribution is -2.01. The zero-order chi connectivity index (χ0) is 15.9. The minimum absolute atomic E-state index is 0.452. The quantitative estimate of drug-likeness (QED) is 0.647. The Morgan fingerprint density at radius 1 is 0.682 bits per heavy atom. The number of aromatic nitrogens is 4. The molecule has 114 valence electrons. The van der Waals surface area contributed by atoms with Crippen LogP contribution in [0, 0.1) is 27.7 Å². The van der Waals surface area contributed by atoms with Crippen molar-refractivity contribution in [1.29, 1.82) is 0 Å². The third kappa shape index (κ3) is 4.89. The molecule has 0 bridgehead atoms. The van der Waals surface area contributed by atoms with E-state index < -0.39 is 0 Å². The number of hydrogen-bond donors (Lipinski definition) is 2. The molecule has 0 amide bonds.